The van der Waals surface area contributed by atoms with Crippen LogP contribution in [0.1, 0.15) is 24.1 Å². The predicted molar refractivity (Wildman–Crippen MR) is 133 cm³/mol. The number of nitrogens with zero attached hydrogens (tertiary/aromatic N) is 1. The third-order valence-corrected chi connectivity index (χ3v) is 7.62. The lowest BCUT2D eigenvalue weighted by atomic mass is 10.1. The number of nitrogens with one attached hydrogen (secondary N) is 1. The van der Waals surface area contributed by atoms with Gasteiger partial charge in [0.25, 0.3) is 0 Å². The van der Waals surface area contributed by atoms with Crippen LogP contribution in [0.3, 0.4) is 0 Å². The molecule has 174 valence electrons. The van der Waals surface area contributed by atoms with E-state index < -0.39 is 15.9 Å². The van der Waals surface area contributed by atoms with Crippen molar-refractivity contribution >= 4 is 43.5 Å². The van der Waals surface area contributed by atoms with Crippen molar-refractivity contribution in [2.24, 2.45) is 0 Å². The van der Waals surface area contributed by atoms with Gasteiger partial charge in [-0.2, -0.15) is 4.31 Å². The molecule has 0 aliphatic heterocycles. The highest BCUT2D eigenvalue weighted by molar-refractivity contribution is 9.10. The van der Waals surface area contributed by atoms with Crippen LogP contribution in [0.15, 0.2) is 82.2 Å². The van der Waals surface area contributed by atoms with Crippen LogP contribution in [0.2, 0.25) is 5.02 Å². The van der Waals surface area contributed by atoms with Crippen molar-refractivity contribution in [2.45, 2.75) is 24.4 Å². The minimum atomic E-state index is -3.95. The van der Waals surface area contributed by atoms with E-state index in [2.05, 4.69) is 21.2 Å². The molecule has 0 saturated heterocycles. The maximum Gasteiger partial charge on any atom is 0.243 e. The number of carbonyl (C=O) groups excluding carboxylic acids is 1. The summed E-state index contributed by atoms with van der Waals surface area (Å²) in [5.41, 5.74) is 1.64. The Morgan fingerprint density at radius 1 is 1.03 bits per heavy atom. The number of halogens is 2. The first kappa shape index (κ1) is 25.2. The molecule has 1 atom stereocenters. The summed E-state index contributed by atoms with van der Waals surface area (Å²) in [4.78, 5) is 12.9. The smallest absolute Gasteiger partial charge is 0.243 e. The van der Waals surface area contributed by atoms with Crippen LogP contribution < -0.4 is 10.1 Å². The third kappa shape index (κ3) is 6.80. The van der Waals surface area contributed by atoms with Crippen molar-refractivity contribution in [3.63, 3.8) is 0 Å². The molecule has 3 aromatic carbocycles. The van der Waals surface area contributed by atoms with Crippen LogP contribution in [-0.4, -0.2) is 32.3 Å². The van der Waals surface area contributed by atoms with Gasteiger partial charge in [0.1, 0.15) is 5.75 Å². The second kappa shape index (κ2) is 11.2. The van der Waals surface area contributed by atoms with E-state index >= 15 is 0 Å². The van der Waals surface area contributed by atoms with E-state index in [-0.39, 0.29) is 24.0 Å². The zero-order chi connectivity index (χ0) is 24.0. The summed E-state index contributed by atoms with van der Waals surface area (Å²) in [7, 11) is -2.36. The highest BCUT2D eigenvalue weighted by Crippen LogP contribution is 2.22. The topological polar surface area (TPSA) is 75.7 Å². The van der Waals surface area contributed by atoms with Crippen LogP contribution >= 0.6 is 27.5 Å². The molecule has 3 rings (SSSR count). The number of rotatable bonds is 9. The molecule has 0 aliphatic rings. The first-order valence-electron chi connectivity index (χ1n) is 10.1. The molecular weight excluding hydrogens is 528 g/mol. The SMILES string of the molecule is COc1ccc([C@@H](C)NC(=O)CN(Cc2ccc(Br)cc2)S(=O)(=O)c2ccc(Cl)cc2)cc1. The van der Waals surface area contributed by atoms with Gasteiger partial charge in [0.2, 0.25) is 15.9 Å². The Morgan fingerprint density at radius 3 is 2.21 bits per heavy atom. The van der Waals surface area contributed by atoms with Crippen LogP contribution in [0.4, 0.5) is 0 Å². The lowest BCUT2D eigenvalue weighted by molar-refractivity contribution is -0.122. The van der Waals surface area contributed by atoms with Gasteiger partial charge in [-0.1, -0.05) is 51.8 Å². The summed E-state index contributed by atoms with van der Waals surface area (Å²) in [5, 5.41) is 3.31. The summed E-state index contributed by atoms with van der Waals surface area (Å²) in [6, 6.07) is 20.2. The number of benzene rings is 3. The Hall–Kier alpha value is -2.39. The molecule has 33 heavy (non-hydrogen) atoms. The summed E-state index contributed by atoms with van der Waals surface area (Å²) >= 11 is 9.30. The molecule has 0 spiro atoms. The number of amides is 1. The summed E-state index contributed by atoms with van der Waals surface area (Å²) in [5.74, 6) is 0.306. The summed E-state index contributed by atoms with van der Waals surface area (Å²) < 4.78 is 33.9. The summed E-state index contributed by atoms with van der Waals surface area (Å²) in [6.07, 6.45) is 0. The van der Waals surface area contributed by atoms with E-state index in [1.165, 1.54) is 24.3 Å². The van der Waals surface area contributed by atoms with Gasteiger partial charge in [0, 0.05) is 16.0 Å². The average molecular weight is 552 g/mol. The minimum absolute atomic E-state index is 0.0442. The zero-order valence-electron chi connectivity index (χ0n) is 18.2. The van der Waals surface area contributed by atoms with Gasteiger partial charge >= 0.3 is 0 Å². The number of carbonyl (C=O) groups is 1. The van der Waals surface area contributed by atoms with Gasteiger partial charge in [-0.3, -0.25) is 4.79 Å². The molecule has 6 nitrogen and oxygen atoms in total. The molecule has 3 aromatic rings. The van der Waals surface area contributed by atoms with E-state index in [4.69, 9.17) is 16.3 Å². The number of methoxy groups -OCH3 is 1. The highest BCUT2D eigenvalue weighted by atomic mass is 79.9. The molecule has 0 fully saturated rings. The second-order valence-electron chi connectivity index (χ2n) is 7.42. The molecule has 0 radical (unpaired) electrons. The van der Waals surface area contributed by atoms with E-state index in [0.29, 0.717) is 10.8 Å². The van der Waals surface area contributed by atoms with Crippen molar-refractivity contribution in [3.05, 3.63) is 93.4 Å². The largest absolute Gasteiger partial charge is 0.497 e. The highest BCUT2D eigenvalue weighted by Gasteiger charge is 2.27. The van der Waals surface area contributed by atoms with Crippen LogP contribution in [0.25, 0.3) is 0 Å². The van der Waals surface area contributed by atoms with Gasteiger partial charge < -0.3 is 10.1 Å². The number of hydrogen-bond acceptors (Lipinski definition) is 4. The van der Waals surface area contributed by atoms with E-state index in [0.717, 1.165) is 19.9 Å². The van der Waals surface area contributed by atoms with Crippen molar-refractivity contribution < 1.29 is 17.9 Å². The molecule has 0 aliphatic carbocycles. The van der Waals surface area contributed by atoms with E-state index in [1.54, 1.807) is 7.11 Å². The van der Waals surface area contributed by atoms with Crippen LogP contribution in [-0.2, 0) is 21.4 Å². The first-order valence-corrected chi connectivity index (χ1v) is 12.7. The van der Waals surface area contributed by atoms with Crippen molar-refractivity contribution in [2.75, 3.05) is 13.7 Å². The molecular formula is C24H24BrClN2O4S. The number of ether oxygens (including phenoxy) is 1. The lowest BCUT2D eigenvalue weighted by Crippen LogP contribution is -2.41. The van der Waals surface area contributed by atoms with Gasteiger partial charge in [0.15, 0.2) is 0 Å². The third-order valence-electron chi connectivity index (χ3n) is 5.04. The quantitative estimate of drug-likeness (QED) is 0.398. The molecule has 0 saturated carbocycles. The van der Waals surface area contributed by atoms with Gasteiger partial charge in [0.05, 0.1) is 24.6 Å². The molecule has 1 N–H and O–H groups in total. The van der Waals surface area contributed by atoms with Crippen LogP contribution in [0, 0.1) is 0 Å². The van der Waals surface area contributed by atoms with Crippen molar-refractivity contribution in [3.8, 4) is 5.75 Å². The fraction of sp³-hybridized carbons (Fsp3) is 0.208. The van der Waals surface area contributed by atoms with Crippen molar-refractivity contribution in [1.29, 1.82) is 0 Å². The fourth-order valence-corrected chi connectivity index (χ4v) is 4.97. The van der Waals surface area contributed by atoms with Gasteiger partial charge in [-0.05, 0) is 66.6 Å². The minimum Gasteiger partial charge on any atom is -0.497 e. The Labute approximate surface area is 207 Å². The van der Waals surface area contributed by atoms with Crippen molar-refractivity contribution in [1.82, 2.24) is 9.62 Å². The molecule has 1 amide bonds. The first-order chi connectivity index (χ1) is 15.7. The standard InChI is InChI=1S/C24H24BrClN2O4S/c1-17(19-5-11-22(32-2)12-6-19)27-24(29)16-28(15-18-3-7-20(25)8-4-18)33(30,31)23-13-9-21(26)10-14-23/h3-14,17H,15-16H2,1-2H3,(H,27,29)/t17-/m1/s1. The number of hydrogen-bond donors (Lipinski definition) is 1. The maximum atomic E-state index is 13.4. The fourth-order valence-electron chi connectivity index (χ4n) is 3.20. The molecule has 0 bridgehead atoms. The molecule has 0 unspecified atom stereocenters. The second-order valence-corrected chi connectivity index (χ2v) is 10.7. The van der Waals surface area contributed by atoms with Gasteiger partial charge in [-0.15, -0.1) is 0 Å². The zero-order valence-corrected chi connectivity index (χ0v) is 21.3. The Balaban J connectivity index is 1.81. The summed E-state index contributed by atoms with van der Waals surface area (Å²) in [6.45, 7) is 1.55. The van der Waals surface area contributed by atoms with Crippen LogP contribution in [0.5, 0.6) is 5.75 Å². The van der Waals surface area contributed by atoms with E-state index in [9.17, 15) is 13.2 Å². The Kier molecular flexibility index (Phi) is 8.53. The normalized spacial score (nSPS) is 12.4. The van der Waals surface area contributed by atoms with E-state index in [1.807, 2.05) is 55.5 Å². The predicted octanol–water partition coefficient (Wildman–Crippen LogP) is 5.18. The lowest BCUT2D eigenvalue weighted by Gasteiger charge is -2.23. The molecule has 0 aromatic heterocycles. The Bertz CT molecular complexity index is 1180. The monoisotopic (exact) mass is 550 g/mol. The average Bonchev–Trinajstić information content (AvgIpc) is 2.80. The molecule has 9 heteroatoms. The van der Waals surface area contributed by atoms with Gasteiger partial charge in [-0.25, -0.2) is 8.42 Å². The number of sulfonamides is 1. The Morgan fingerprint density at radius 2 is 1.64 bits per heavy atom. The molecule has 0 heterocycles. The maximum absolute atomic E-state index is 13.4.